The predicted molar refractivity (Wildman–Crippen MR) is 219 cm³/mol. The number of nitrogens with zero attached hydrogens (tertiary/aromatic N) is 9. The van der Waals surface area contributed by atoms with E-state index in [2.05, 4.69) is 65.7 Å². The maximum atomic E-state index is 15.9. The van der Waals surface area contributed by atoms with E-state index in [0.717, 1.165) is 95.4 Å². The van der Waals surface area contributed by atoms with Crippen LogP contribution in [0.2, 0.25) is 0 Å². The average molecular weight is 794 g/mol. The molecule has 7 aromatic rings. The highest BCUT2D eigenvalue weighted by molar-refractivity contribution is 6.06. The predicted octanol–water partition coefficient (Wildman–Crippen LogP) is 6.59. The van der Waals surface area contributed by atoms with Crippen molar-refractivity contribution < 1.29 is 18.6 Å². The van der Waals surface area contributed by atoms with Crippen LogP contribution in [0.5, 0.6) is 11.8 Å². The Hall–Kier alpha value is -6.06. The summed E-state index contributed by atoms with van der Waals surface area (Å²) in [5.41, 5.74) is 7.23. The molecule has 11 rings (SSSR count). The van der Waals surface area contributed by atoms with E-state index in [1.54, 1.807) is 24.8 Å². The van der Waals surface area contributed by atoms with Crippen molar-refractivity contribution in [2.45, 2.75) is 83.2 Å². The van der Waals surface area contributed by atoms with Crippen molar-refractivity contribution in [1.29, 1.82) is 0 Å². The van der Waals surface area contributed by atoms with E-state index in [-0.39, 0.29) is 24.4 Å². The van der Waals surface area contributed by atoms with Gasteiger partial charge in [0.05, 0.1) is 37.7 Å². The van der Waals surface area contributed by atoms with Gasteiger partial charge in [0.15, 0.2) is 5.75 Å². The summed E-state index contributed by atoms with van der Waals surface area (Å²) >= 11 is 0. The van der Waals surface area contributed by atoms with Gasteiger partial charge < -0.3 is 24.4 Å². The molecule has 3 aliphatic heterocycles. The maximum absolute atomic E-state index is 15.9. The quantitative estimate of drug-likeness (QED) is 0.145. The fourth-order valence-corrected chi connectivity index (χ4v) is 9.02. The minimum atomic E-state index is -0.306. The first kappa shape index (κ1) is 36.1. The summed E-state index contributed by atoms with van der Waals surface area (Å²) in [6.45, 7) is 7.60. The Morgan fingerprint density at radius 3 is 2.54 bits per heavy atom. The van der Waals surface area contributed by atoms with Crippen molar-refractivity contribution >= 4 is 27.6 Å². The first-order chi connectivity index (χ1) is 28.9. The molecule has 2 atom stereocenters. The summed E-state index contributed by atoms with van der Waals surface area (Å²) in [7, 11) is 0. The third-order valence-electron chi connectivity index (χ3n) is 12.3. The Morgan fingerprint density at radius 2 is 1.78 bits per heavy atom. The topological polar surface area (TPSA) is 154 Å². The molecule has 0 radical (unpaired) electrons. The first-order valence-corrected chi connectivity index (χ1v) is 20.6. The number of H-pyrrole nitrogens is 1. The van der Waals surface area contributed by atoms with E-state index >= 15 is 4.39 Å². The summed E-state index contributed by atoms with van der Waals surface area (Å²) in [5, 5.41) is 17.5. The Morgan fingerprint density at radius 1 is 0.932 bits per heavy atom. The van der Waals surface area contributed by atoms with Crippen LogP contribution < -0.4 is 19.7 Å². The zero-order valence-corrected chi connectivity index (χ0v) is 33.0. The van der Waals surface area contributed by atoms with Gasteiger partial charge >= 0.3 is 6.01 Å². The molecule has 14 nitrogen and oxygen atoms in total. The summed E-state index contributed by atoms with van der Waals surface area (Å²) in [5.74, 6) is 2.77. The molecule has 3 aromatic carbocycles. The van der Waals surface area contributed by atoms with Crippen LogP contribution >= 0.6 is 0 Å². The molecule has 3 saturated heterocycles. The molecule has 0 spiro atoms. The van der Waals surface area contributed by atoms with Crippen molar-refractivity contribution in [2.75, 3.05) is 31.2 Å². The number of benzene rings is 3. The highest BCUT2D eigenvalue weighted by Crippen LogP contribution is 2.53. The smallest absolute Gasteiger partial charge is 0.319 e. The molecule has 0 unspecified atom stereocenters. The van der Waals surface area contributed by atoms with Crippen LogP contribution in [0.1, 0.15) is 66.1 Å². The van der Waals surface area contributed by atoms with Gasteiger partial charge in [-0.25, -0.2) is 19.0 Å². The van der Waals surface area contributed by atoms with Gasteiger partial charge in [0.2, 0.25) is 5.82 Å². The van der Waals surface area contributed by atoms with Gasteiger partial charge in [0, 0.05) is 72.3 Å². The molecule has 4 aliphatic rings. The van der Waals surface area contributed by atoms with Crippen LogP contribution in [0.4, 0.5) is 10.2 Å². The lowest BCUT2D eigenvalue weighted by Crippen LogP contribution is -2.44. The molecule has 15 heteroatoms. The lowest BCUT2D eigenvalue weighted by Gasteiger charge is -2.31. The second-order valence-electron chi connectivity index (χ2n) is 16.3. The van der Waals surface area contributed by atoms with Crippen molar-refractivity contribution in [3.63, 3.8) is 0 Å². The lowest BCUT2D eigenvalue weighted by atomic mass is 9.88. The van der Waals surface area contributed by atoms with Crippen molar-refractivity contribution in [1.82, 2.24) is 50.2 Å². The number of halogens is 1. The normalized spacial score (nSPS) is 19.3. The van der Waals surface area contributed by atoms with Gasteiger partial charge in [0.25, 0.3) is 0 Å². The third kappa shape index (κ3) is 6.71. The highest BCUT2D eigenvalue weighted by atomic mass is 19.1. The summed E-state index contributed by atoms with van der Waals surface area (Å²) in [6.07, 6.45) is 11.3. The number of aryl methyl sites for hydroxylation is 1. The van der Waals surface area contributed by atoms with Gasteiger partial charge in [-0.05, 0) is 73.4 Å². The fourth-order valence-electron chi connectivity index (χ4n) is 9.02. The minimum absolute atomic E-state index is 0.0604. The standard InChI is InChI=1S/C44H44FN11O3/c1-24-35(45)17-36-34(19-49-53-36)38(24)39-32(28-7-8-28)16-33-40(51-44(59-31-9-13-57-14-10-31)52-43(33)55-22-29-15-30(55)18-48-29)41(39)58-23-27-5-3-26(4-6-27)21-56-25(2)50-42(54-56)37-20-46-11-12-47-37/h3-6,11-12,16-17,19-20,28-31,48H,7-10,13-15,18,21-23H2,1-2H3,(H,49,53)/t29-,30-/m0/s1. The zero-order valence-electron chi connectivity index (χ0n) is 33.0. The average Bonchev–Trinajstić information content (AvgIpc) is 3.51. The molecule has 1 aliphatic carbocycles. The Labute approximate surface area is 339 Å². The third-order valence-corrected chi connectivity index (χ3v) is 12.3. The van der Waals surface area contributed by atoms with Crippen LogP contribution in [0.25, 0.3) is 44.5 Å². The number of hydrogen-bond acceptors (Lipinski definition) is 12. The van der Waals surface area contributed by atoms with Crippen molar-refractivity contribution in [3.05, 3.63) is 95.1 Å². The largest absolute Gasteiger partial charge is 0.486 e. The lowest BCUT2D eigenvalue weighted by molar-refractivity contribution is 0.0219. The number of fused-ring (bicyclic) bond motifs is 4. The molecular weight excluding hydrogens is 750 g/mol. The number of aromatic nitrogens is 9. The molecule has 4 aromatic heterocycles. The summed E-state index contributed by atoms with van der Waals surface area (Å²) in [6, 6.07) is 13.2. The van der Waals surface area contributed by atoms with Crippen molar-refractivity contribution in [3.8, 4) is 34.4 Å². The zero-order chi connectivity index (χ0) is 39.6. The second kappa shape index (κ2) is 14.6. The summed E-state index contributed by atoms with van der Waals surface area (Å²) < 4.78 is 37.1. The second-order valence-corrected chi connectivity index (χ2v) is 16.3. The van der Waals surface area contributed by atoms with Gasteiger partial charge in [-0.2, -0.15) is 15.1 Å². The number of rotatable bonds is 11. The van der Waals surface area contributed by atoms with Crippen LogP contribution in [0, 0.1) is 19.7 Å². The maximum Gasteiger partial charge on any atom is 0.319 e. The molecule has 0 amide bonds. The van der Waals surface area contributed by atoms with Crippen LogP contribution in [-0.4, -0.2) is 89.4 Å². The number of nitrogens with one attached hydrogen (secondary N) is 2. The van der Waals surface area contributed by atoms with Gasteiger partial charge in [-0.1, -0.05) is 24.3 Å². The number of piperazine rings is 1. The number of anilines is 1. The van der Waals surface area contributed by atoms with Gasteiger partial charge in [-0.3, -0.25) is 10.1 Å². The highest BCUT2D eigenvalue weighted by Gasteiger charge is 2.41. The van der Waals surface area contributed by atoms with E-state index in [0.29, 0.717) is 71.7 Å². The summed E-state index contributed by atoms with van der Waals surface area (Å²) in [4.78, 5) is 26.0. The molecule has 1 saturated carbocycles. The molecule has 4 fully saturated rings. The van der Waals surface area contributed by atoms with Crippen LogP contribution in [-0.2, 0) is 17.9 Å². The Balaban J connectivity index is 1.02. The van der Waals surface area contributed by atoms with E-state index in [9.17, 15) is 0 Å². The van der Waals surface area contributed by atoms with Crippen LogP contribution in [0.3, 0.4) is 0 Å². The molecule has 7 heterocycles. The fraction of sp³-hybridized carbons (Fsp3) is 0.386. The van der Waals surface area contributed by atoms with E-state index in [1.807, 2.05) is 18.5 Å². The first-order valence-electron chi connectivity index (χ1n) is 20.6. The Kier molecular flexibility index (Phi) is 8.95. The van der Waals surface area contributed by atoms with Gasteiger partial charge in [-0.15, -0.1) is 5.10 Å². The van der Waals surface area contributed by atoms with E-state index in [4.69, 9.17) is 29.3 Å². The molecular formula is C44H44FN11O3. The molecule has 2 bridgehead atoms. The SMILES string of the molecule is Cc1c(F)cc2[nH]ncc2c1-c1c(C2CC2)cc2c(N3C[C@@H]4C[C@H]3CN4)nc(OC3CCOCC3)nc2c1OCc1ccc(Cn2nc(-c3cnccn3)nc2C)cc1. The Bertz CT molecular complexity index is 2690. The number of hydrogen-bond donors (Lipinski definition) is 2. The van der Waals surface area contributed by atoms with Crippen molar-refractivity contribution in [2.24, 2.45) is 0 Å². The van der Waals surface area contributed by atoms with Crippen LogP contribution in [0.15, 0.2) is 61.2 Å². The molecule has 59 heavy (non-hydrogen) atoms. The minimum Gasteiger partial charge on any atom is -0.486 e. The molecule has 300 valence electrons. The number of aromatic amines is 1. The monoisotopic (exact) mass is 793 g/mol. The number of ether oxygens (including phenoxy) is 3. The van der Waals surface area contributed by atoms with E-state index in [1.165, 1.54) is 6.07 Å². The molecule has 2 N–H and O–H groups in total. The van der Waals surface area contributed by atoms with Gasteiger partial charge in [0.1, 0.15) is 41.4 Å². The van der Waals surface area contributed by atoms with E-state index < -0.39 is 0 Å².